The topological polar surface area (TPSA) is 51.4 Å². The Hall–Kier alpha value is -2.47. The minimum absolute atomic E-state index is 0.594. The van der Waals surface area contributed by atoms with E-state index >= 15 is 0 Å². The Labute approximate surface area is 200 Å². The van der Waals surface area contributed by atoms with E-state index in [1.807, 2.05) is 30.3 Å². The summed E-state index contributed by atoms with van der Waals surface area (Å²) in [5, 5.41) is 8.48. The maximum absolute atomic E-state index is 5.90. The maximum Gasteiger partial charge on any atom is 0.247 e. The second-order valence-corrected chi connectivity index (χ2v) is 10.4. The number of hydrogen-bond donors (Lipinski definition) is 0. The summed E-state index contributed by atoms with van der Waals surface area (Å²) in [6, 6.07) is 18.5. The lowest BCUT2D eigenvalue weighted by molar-refractivity contribution is 0.296. The lowest BCUT2D eigenvalue weighted by Crippen LogP contribution is -2.23. The number of rotatable bonds is 9. The first-order valence-corrected chi connectivity index (χ1v) is 13.3. The maximum atomic E-state index is 5.90. The van der Waals surface area contributed by atoms with E-state index in [1.54, 1.807) is 11.8 Å². The standard InChI is InChI=1S/C27H33N3O2S/c1-20-6-5-9-25(20)22-14-15-30(18-22)23-12-10-21(11-13-23)27-29-28-26(32-27)19-33-17-16-31-24-7-3-2-4-8-24/h2-4,7-8,10-13,20,22,25H,5-6,9,14-19H2,1H3. The van der Waals surface area contributed by atoms with Crippen molar-refractivity contribution in [1.29, 1.82) is 0 Å². The molecule has 1 saturated carbocycles. The number of anilines is 1. The van der Waals surface area contributed by atoms with E-state index in [9.17, 15) is 0 Å². The molecule has 5 rings (SSSR count). The fourth-order valence-corrected chi connectivity index (χ4v) is 6.02. The zero-order valence-electron chi connectivity index (χ0n) is 19.4. The van der Waals surface area contributed by atoms with E-state index in [4.69, 9.17) is 9.15 Å². The highest BCUT2D eigenvalue weighted by molar-refractivity contribution is 7.98. The molecule has 3 unspecified atom stereocenters. The first kappa shape index (κ1) is 22.3. The fourth-order valence-electron chi connectivity index (χ4n) is 5.38. The quantitative estimate of drug-likeness (QED) is 0.347. The van der Waals surface area contributed by atoms with Crippen LogP contribution in [0.5, 0.6) is 5.75 Å². The van der Waals surface area contributed by atoms with Gasteiger partial charge in [-0.25, -0.2) is 0 Å². The van der Waals surface area contributed by atoms with Gasteiger partial charge in [0.1, 0.15) is 5.75 Å². The van der Waals surface area contributed by atoms with E-state index in [0.717, 1.165) is 34.8 Å². The zero-order valence-corrected chi connectivity index (χ0v) is 20.2. The molecule has 2 aliphatic rings. The molecule has 3 atom stereocenters. The van der Waals surface area contributed by atoms with E-state index in [1.165, 1.54) is 44.5 Å². The second-order valence-electron chi connectivity index (χ2n) is 9.33. The monoisotopic (exact) mass is 463 g/mol. The summed E-state index contributed by atoms with van der Waals surface area (Å²) in [5.74, 6) is 6.40. The van der Waals surface area contributed by atoms with Crippen LogP contribution in [0.25, 0.3) is 11.5 Å². The third kappa shape index (κ3) is 5.55. The molecule has 2 aromatic carbocycles. The van der Waals surface area contributed by atoms with Crippen molar-refractivity contribution < 1.29 is 9.15 Å². The van der Waals surface area contributed by atoms with Crippen molar-refractivity contribution in [3.05, 3.63) is 60.5 Å². The molecule has 0 bridgehead atoms. The molecule has 0 amide bonds. The number of ether oxygens (including phenoxy) is 1. The number of thioether (sulfide) groups is 1. The normalized spacial score (nSPS) is 22.7. The highest BCUT2D eigenvalue weighted by Crippen LogP contribution is 2.41. The molecule has 33 heavy (non-hydrogen) atoms. The lowest BCUT2D eigenvalue weighted by Gasteiger charge is -2.24. The van der Waals surface area contributed by atoms with Gasteiger partial charge in [-0.2, -0.15) is 0 Å². The molecular formula is C27H33N3O2S. The average Bonchev–Trinajstić information content (AvgIpc) is 3.61. The Morgan fingerprint density at radius 3 is 2.67 bits per heavy atom. The van der Waals surface area contributed by atoms with Crippen LogP contribution in [0.4, 0.5) is 5.69 Å². The Kier molecular flexibility index (Phi) is 7.20. The van der Waals surface area contributed by atoms with Crippen LogP contribution in [-0.2, 0) is 5.75 Å². The largest absolute Gasteiger partial charge is 0.493 e. The van der Waals surface area contributed by atoms with E-state index in [0.29, 0.717) is 24.1 Å². The zero-order chi connectivity index (χ0) is 22.5. The summed E-state index contributed by atoms with van der Waals surface area (Å²) in [7, 11) is 0. The molecule has 0 spiro atoms. The molecule has 0 N–H and O–H groups in total. The number of benzene rings is 2. The minimum atomic E-state index is 0.594. The van der Waals surface area contributed by atoms with Gasteiger partial charge in [0.15, 0.2) is 0 Å². The predicted molar refractivity (Wildman–Crippen MR) is 135 cm³/mol. The van der Waals surface area contributed by atoms with Gasteiger partial charge in [0, 0.05) is 30.1 Å². The van der Waals surface area contributed by atoms with Crippen LogP contribution in [0.2, 0.25) is 0 Å². The van der Waals surface area contributed by atoms with Crippen molar-refractivity contribution in [2.24, 2.45) is 17.8 Å². The molecule has 1 aliphatic heterocycles. The van der Waals surface area contributed by atoms with Crippen LogP contribution < -0.4 is 9.64 Å². The number of aromatic nitrogens is 2. The molecule has 1 saturated heterocycles. The SMILES string of the molecule is CC1CCCC1C1CCN(c2ccc(-c3nnc(CSCCOc4ccccc4)o3)cc2)C1. The van der Waals surface area contributed by atoms with E-state index in [2.05, 4.69) is 46.3 Å². The molecule has 0 radical (unpaired) electrons. The highest BCUT2D eigenvalue weighted by Gasteiger charge is 2.35. The van der Waals surface area contributed by atoms with Crippen molar-refractivity contribution in [2.75, 3.05) is 30.3 Å². The summed E-state index contributed by atoms with van der Waals surface area (Å²) >= 11 is 1.74. The van der Waals surface area contributed by atoms with Crippen molar-refractivity contribution in [1.82, 2.24) is 10.2 Å². The van der Waals surface area contributed by atoms with Gasteiger partial charge in [-0.05, 0) is 67.0 Å². The summed E-state index contributed by atoms with van der Waals surface area (Å²) in [6.45, 7) is 5.48. The summed E-state index contributed by atoms with van der Waals surface area (Å²) in [5.41, 5.74) is 2.29. The fraction of sp³-hybridized carbons (Fsp3) is 0.481. The summed E-state index contributed by atoms with van der Waals surface area (Å²) in [6.07, 6.45) is 5.60. The molecular weight excluding hydrogens is 430 g/mol. The third-order valence-corrected chi connectivity index (χ3v) is 8.08. The number of hydrogen-bond acceptors (Lipinski definition) is 6. The van der Waals surface area contributed by atoms with Crippen LogP contribution in [0.15, 0.2) is 59.0 Å². The molecule has 3 aromatic rings. The van der Waals surface area contributed by atoms with Crippen LogP contribution >= 0.6 is 11.8 Å². The van der Waals surface area contributed by atoms with Crippen LogP contribution in [0.1, 0.15) is 38.5 Å². The molecule has 2 heterocycles. The molecule has 2 fully saturated rings. The van der Waals surface area contributed by atoms with Crippen molar-refractivity contribution >= 4 is 17.4 Å². The van der Waals surface area contributed by atoms with Gasteiger partial charge in [-0.15, -0.1) is 22.0 Å². The molecule has 174 valence electrons. The predicted octanol–water partition coefficient (Wildman–Crippen LogP) is 6.31. The Morgan fingerprint density at radius 1 is 1.03 bits per heavy atom. The average molecular weight is 464 g/mol. The smallest absolute Gasteiger partial charge is 0.247 e. The number of para-hydroxylation sites is 1. The number of nitrogens with zero attached hydrogens (tertiary/aromatic N) is 3. The van der Waals surface area contributed by atoms with E-state index in [-0.39, 0.29) is 0 Å². The molecule has 6 heteroatoms. The Morgan fingerprint density at radius 2 is 1.88 bits per heavy atom. The first-order chi connectivity index (χ1) is 16.3. The lowest BCUT2D eigenvalue weighted by atomic mass is 9.84. The summed E-state index contributed by atoms with van der Waals surface area (Å²) < 4.78 is 11.6. The van der Waals surface area contributed by atoms with Crippen molar-refractivity contribution in [3.63, 3.8) is 0 Å². The Balaban J connectivity index is 1.09. The van der Waals surface area contributed by atoms with Gasteiger partial charge in [-0.3, -0.25) is 0 Å². The highest BCUT2D eigenvalue weighted by atomic mass is 32.2. The minimum Gasteiger partial charge on any atom is -0.493 e. The Bertz CT molecular complexity index is 1010. The van der Waals surface area contributed by atoms with E-state index < -0.39 is 0 Å². The summed E-state index contributed by atoms with van der Waals surface area (Å²) in [4.78, 5) is 2.55. The van der Waals surface area contributed by atoms with Crippen LogP contribution in [0, 0.1) is 17.8 Å². The van der Waals surface area contributed by atoms with Crippen LogP contribution in [-0.4, -0.2) is 35.6 Å². The third-order valence-electron chi connectivity index (χ3n) is 7.17. The first-order valence-electron chi connectivity index (χ1n) is 12.2. The molecule has 1 aliphatic carbocycles. The van der Waals surface area contributed by atoms with Gasteiger partial charge in [0.25, 0.3) is 0 Å². The van der Waals surface area contributed by atoms with Gasteiger partial charge in [0.2, 0.25) is 11.8 Å². The van der Waals surface area contributed by atoms with Gasteiger partial charge in [-0.1, -0.05) is 38.0 Å². The molecule has 5 nitrogen and oxygen atoms in total. The van der Waals surface area contributed by atoms with Crippen molar-refractivity contribution in [2.45, 2.75) is 38.4 Å². The van der Waals surface area contributed by atoms with Gasteiger partial charge >= 0.3 is 0 Å². The van der Waals surface area contributed by atoms with Crippen LogP contribution in [0.3, 0.4) is 0 Å². The van der Waals surface area contributed by atoms with Gasteiger partial charge in [0.05, 0.1) is 12.4 Å². The second kappa shape index (κ2) is 10.6. The molecule has 1 aromatic heterocycles. The van der Waals surface area contributed by atoms with Gasteiger partial charge < -0.3 is 14.1 Å². The van der Waals surface area contributed by atoms with Crippen molar-refractivity contribution in [3.8, 4) is 17.2 Å².